The third-order valence-corrected chi connectivity index (χ3v) is 3.33. The van der Waals surface area contributed by atoms with Crippen LogP contribution in [0.1, 0.15) is 0 Å². The highest BCUT2D eigenvalue weighted by Gasteiger charge is 2.06. The molecular weight excluding hydrogens is 347 g/mol. The first kappa shape index (κ1) is 12.5. The highest BCUT2D eigenvalue weighted by atomic mass is 79.9. The Morgan fingerprint density at radius 3 is 1.53 bits per heavy atom. The molecule has 2 nitrogen and oxygen atoms in total. The molecule has 2 rings (SSSR count). The average Bonchev–Trinajstić information content (AvgIpc) is 2.34. The molecule has 0 amide bonds. The van der Waals surface area contributed by atoms with Crippen LogP contribution in [-0.2, 0) is 0 Å². The highest BCUT2D eigenvalue weighted by molar-refractivity contribution is 9.10. The number of halogens is 2. The van der Waals surface area contributed by atoms with E-state index >= 15 is 0 Å². The second kappa shape index (κ2) is 6.12. The topological polar surface area (TPSA) is 18.5 Å². The van der Waals surface area contributed by atoms with Gasteiger partial charge in [0.25, 0.3) is 0 Å². The first-order valence-corrected chi connectivity index (χ1v) is 6.50. The van der Waals surface area contributed by atoms with Gasteiger partial charge in [0.2, 0.25) is 0 Å². The van der Waals surface area contributed by atoms with Crippen LogP contribution in [0.25, 0.3) is 0 Å². The minimum Gasteiger partial charge on any atom is -0.525 e. The molecule has 2 aromatic carbocycles. The Kier molecular flexibility index (Phi) is 4.51. The zero-order chi connectivity index (χ0) is 12.1. The van der Waals surface area contributed by atoms with E-state index in [0.717, 1.165) is 8.95 Å². The minimum absolute atomic E-state index is 0.708. The van der Waals surface area contributed by atoms with Crippen molar-refractivity contribution in [2.45, 2.75) is 0 Å². The Hall–Kier alpha value is -0.935. The van der Waals surface area contributed by atoms with Gasteiger partial charge in [-0.3, -0.25) is 0 Å². The largest absolute Gasteiger partial charge is 0.658 e. The lowest BCUT2D eigenvalue weighted by Crippen LogP contribution is -2.11. The van der Waals surface area contributed by atoms with Crippen molar-refractivity contribution >= 4 is 39.5 Å². The maximum Gasteiger partial charge on any atom is 0.658 e. The molecule has 2 aromatic rings. The lowest BCUT2D eigenvalue weighted by molar-refractivity contribution is 0.456. The molecule has 0 spiro atoms. The maximum atomic E-state index is 5.38. The van der Waals surface area contributed by atoms with Crippen LogP contribution in [0.5, 0.6) is 11.5 Å². The Bertz CT molecular complexity index is 460. The molecule has 0 aliphatic carbocycles. The zero-order valence-corrected chi connectivity index (χ0v) is 11.9. The van der Waals surface area contributed by atoms with Crippen LogP contribution in [0.15, 0.2) is 57.5 Å². The van der Waals surface area contributed by atoms with Gasteiger partial charge < -0.3 is 9.31 Å². The molecule has 0 saturated heterocycles. The van der Waals surface area contributed by atoms with Gasteiger partial charge in [-0.05, 0) is 56.1 Å². The Labute approximate surface area is 118 Å². The van der Waals surface area contributed by atoms with Crippen LogP contribution in [0.2, 0.25) is 0 Å². The molecule has 0 fully saturated rings. The fraction of sp³-hybridized carbons (Fsp3) is 0. The van der Waals surface area contributed by atoms with E-state index in [1.807, 2.05) is 48.5 Å². The van der Waals surface area contributed by atoms with Crippen molar-refractivity contribution in [1.82, 2.24) is 0 Å². The molecule has 0 unspecified atom stereocenters. The Morgan fingerprint density at radius 1 is 0.706 bits per heavy atom. The third-order valence-electron chi connectivity index (χ3n) is 2.02. The summed E-state index contributed by atoms with van der Waals surface area (Å²) in [6.07, 6.45) is 0. The third kappa shape index (κ3) is 3.51. The quantitative estimate of drug-likeness (QED) is 0.766. The van der Waals surface area contributed by atoms with Crippen LogP contribution < -0.4 is 9.31 Å². The van der Waals surface area contributed by atoms with Gasteiger partial charge in [-0.15, -0.1) is 0 Å². The second-order valence-corrected chi connectivity index (χ2v) is 4.90. The van der Waals surface area contributed by atoms with Gasteiger partial charge in [0, 0.05) is 0 Å². The molecule has 85 valence electrons. The van der Waals surface area contributed by atoms with Crippen molar-refractivity contribution in [2.75, 3.05) is 0 Å². The SMILES string of the molecule is Brc1ccccc1O[B]Oc1ccccc1Br. The summed E-state index contributed by atoms with van der Waals surface area (Å²) in [5.41, 5.74) is 0. The van der Waals surface area contributed by atoms with Crippen LogP contribution in [-0.4, -0.2) is 7.69 Å². The van der Waals surface area contributed by atoms with Crippen molar-refractivity contribution < 1.29 is 9.31 Å². The summed E-state index contributed by atoms with van der Waals surface area (Å²) in [5.74, 6) is 1.42. The van der Waals surface area contributed by atoms with E-state index in [1.165, 1.54) is 7.69 Å². The van der Waals surface area contributed by atoms with E-state index < -0.39 is 0 Å². The fourth-order valence-corrected chi connectivity index (χ4v) is 1.96. The van der Waals surface area contributed by atoms with E-state index in [2.05, 4.69) is 31.9 Å². The molecule has 0 aliphatic heterocycles. The predicted molar refractivity (Wildman–Crippen MR) is 75.3 cm³/mol. The smallest absolute Gasteiger partial charge is 0.525 e. The van der Waals surface area contributed by atoms with Crippen LogP contribution in [0.4, 0.5) is 0 Å². The first-order valence-electron chi connectivity index (χ1n) is 4.91. The van der Waals surface area contributed by atoms with Crippen molar-refractivity contribution in [2.24, 2.45) is 0 Å². The summed E-state index contributed by atoms with van der Waals surface area (Å²) in [6.45, 7) is 0. The molecule has 0 saturated carbocycles. The van der Waals surface area contributed by atoms with E-state index in [4.69, 9.17) is 9.31 Å². The van der Waals surface area contributed by atoms with Crippen LogP contribution >= 0.6 is 31.9 Å². The average molecular weight is 355 g/mol. The molecule has 1 radical (unpaired) electrons. The van der Waals surface area contributed by atoms with Crippen molar-refractivity contribution in [3.8, 4) is 11.5 Å². The lowest BCUT2D eigenvalue weighted by atomic mass is 10.3. The number of rotatable bonds is 4. The van der Waals surface area contributed by atoms with Gasteiger partial charge in [0.15, 0.2) is 0 Å². The number of para-hydroxylation sites is 2. The predicted octanol–water partition coefficient (Wildman–Crippen LogP) is 4.20. The monoisotopic (exact) mass is 353 g/mol. The summed E-state index contributed by atoms with van der Waals surface area (Å²) < 4.78 is 12.5. The summed E-state index contributed by atoms with van der Waals surface area (Å²) in [7, 11) is 1.31. The summed E-state index contributed by atoms with van der Waals surface area (Å²) in [5, 5.41) is 0. The minimum atomic E-state index is 0.708. The standard InChI is InChI=1S/C12H8BBr2O2/c14-9-5-1-3-7-11(9)16-13-17-12-8-4-2-6-10(12)15/h1-8H. The summed E-state index contributed by atoms with van der Waals surface area (Å²) in [4.78, 5) is 0. The molecule has 5 heteroatoms. The lowest BCUT2D eigenvalue weighted by Gasteiger charge is -2.08. The molecule has 0 bridgehead atoms. The van der Waals surface area contributed by atoms with Crippen LogP contribution in [0.3, 0.4) is 0 Å². The van der Waals surface area contributed by atoms with Gasteiger partial charge in [0.1, 0.15) is 11.5 Å². The molecule has 0 aromatic heterocycles. The Balaban J connectivity index is 1.93. The fourth-order valence-electron chi connectivity index (χ4n) is 1.21. The molecule has 0 aliphatic rings. The van der Waals surface area contributed by atoms with Gasteiger partial charge >= 0.3 is 7.69 Å². The number of hydrogen-bond donors (Lipinski definition) is 0. The van der Waals surface area contributed by atoms with Crippen molar-refractivity contribution in [3.63, 3.8) is 0 Å². The molecule has 17 heavy (non-hydrogen) atoms. The second-order valence-electron chi connectivity index (χ2n) is 3.19. The molecular formula is C12H8BBr2O2. The van der Waals surface area contributed by atoms with Gasteiger partial charge in [0.05, 0.1) is 8.95 Å². The first-order chi connectivity index (χ1) is 8.27. The molecule has 0 atom stereocenters. The van der Waals surface area contributed by atoms with Crippen molar-refractivity contribution in [1.29, 1.82) is 0 Å². The van der Waals surface area contributed by atoms with Gasteiger partial charge in [-0.1, -0.05) is 24.3 Å². The van der Waals surface area contributed by atoms with E-state index in [9.17, 15) is 0 Å². The van der Waals surface area contributed by atoms with Gasteiger partial charge in [-0.2, -0.15) is 0 Å². The number of hydrogen-bond acceptors (Lipinski definition) is 2. The summed E-state index contributed by atoms with van der Waals surface area (Å²) in [6, 6.07) is 15.1. The maximum absolute atomic E-state index is 5.38. The van der Waals surface area contributed by atoms with Gasteiger partial charge in [-0.25, -0.2) is 0 Å². The molecule has 0 N–H and O–H groups in total. The van der Waals surface area contributed by atoms with Crippen molar-refractivity contribution in [3.05, 3.63) is 57.5 Å². The highest BCUT2D eigenvalue weighted by Crippen LogP contribution is 2.25. The molecule has 0 heterocycles. The van der Waals surface area contributed by atoms with Crippen LogP contribution in [0, 0.1) is 0 Å². The van der Waals surface area contributed by atoms with E-state index in [1.54, 1.807) is 0 Å². The van der Waals surface area contributed by atoms with E-state index in [-0.39, 0.29) is 0 Å². The zero-order valence-electron chi connectivity index (χ0n) is 8.77. The Morgan fingerprint density at radius 2 is 1.12 bits per heavy atom. The number of benzene rings is 2. The normalized spacial score (nSPS) is 9.76. The summed E-state index contributed by atoms with van der Waals surface area (Å²) >= 11 is 6.77. The van der Waals surface area contributed by atoms with E-state index in [0.29, 0.717) is 11.5 Å².